The molecule has 8 heteroatoms. The molecule has 2 aromatic carbocycles. The first-order valence-electron chi connectivity index (χ1n) is 11.8. The average Bonchev–Trinajstić information content (AvgIpc) is 3.39. The standard InChI is InChI=1S/C26H31ClN4O3/c1-4-12-29(13-5-2)25(33)17-31-21-9-7-6-8-20(21)28-26(31)18-14-24(32)30(16-18)22-15-19(27)10-11-23(22)34-3/h6-11,15,18H,4-5,12-14,16-17H2,1-3H3/t18-/m1/s1. The summed E-state index contributed by atoms with van der Waals surface area (Å²) in [6.07, 6.45) is 2.13. The van der Waals surface area contributed by atoms with Gasteiger partial charge in [0.1, 0.15) is 18.1 Å². The summed E-state index contributed by atoms with van der Waals surface area (Å²) in [7, 11) is 1.58. The maximum absolute atomic E-state index is 13.2. The van der Waals surface area contributed by atoms with Crippen molar-refractivity contribution in [3.8, 4) is 5.75 Å². The van der Waals surface area contributed by atoms with Crippen molar-refractivity contribution in [1.29, 1.82) is 0 Å². The van der Waals surface area contributed by atoms with Crippen LogP contribution in [0.1, 0.15) is 44.9 Å². The SMILES string of the molecule is CCCN(CCC)C(=O)Cn1c([C@@H]2CC(=O)N(c3cc(Cl)ccc3OC)C2)nc2ccccc21. The number of rotatable bonds is 9. The number of benzene rings is 2. The Morgan fingerprint density at radius 3 is 2.62 bits per heavy atom. The molecule has 4 rings (SSSR count). The minimum Gasteiger partial charge on any atom is -0.495 e. The summed E-state index contributed by atoms with van der Waals surface area (Å²) in [6.45, 7) is 6.28. The van der Waals surface area contributed by atoms with Crippen molar-refractivity contribution < 1.29 is 14.3 Å². The van der Waals surface area contributed by atoms with Crippen LogP contribution in [0, 0.1) is 0 Å². The van der Waals surface area contributed by atoms with E-state index < -0.39 is 0 Å². The minimum absolute atomic E-state index is 0.0194. The van der Waals surface area contributed by atoms with E-state index in [1.807, 2.05) is 33.7 Å². The van der Waals surface area contributed by atoms with Gasteiger partial charge in [-0.15, -0.1) is 0 Å². The van der Waals surface area contributed by atoms with Crippen molar-refractivity contribution >= 4 is 40.1 Å². The molecule has 0 radical (unpaired) electrons. The molecule has 0 aliphatic carbocycles. The Balaban J connectivity index is 1.68. The van der Waals surface area contributed by atoms with E-state index in [1.54, 1.807) is 30.2 Å². The Morgan fingerprint density at radius 2 is 1.91 bits per heavy atom. The summed E-state index contributed by atoms with van der Waals surface area (Å²) >= 11 is 6.22. The number of methoxy groups -OCH3 is 1. The van der Waals surface area contributed by atoms with Crippen LogP contribution < -0.4 is 9.64 Å². The molecule has 2 heterocycles. The van der Waals surface area contributed by atoms with Gasteiger partial charge in [-0.25, -0.2) is 4.98 Å². The number of fused-ring (bicyclic) bond motifs is 1. The predicted octanol–water partition coefficient (Wildman–Crippen LogP) is 4.87. The highest BCUT2D eigenvalue weighted by Crippen LogP contribution is 2.38. The fourth-order valence-corrected chi connectivity index (χ4v) is 4.86. The normalized spacial score (nSPS) is 15.8. The molecule has 1 aromatic heterocycles. The Kier molecular flexibility index (Phi) is 7.41. The second kappa shape index (κ2) is 10.5. The maximum atomic E-state index is 13.2. The van der Waals surface area contributed by atoms with Gasteiger partial charge in [-0.05, 0) is 43.2 Å². The zero-order chi connectivity index (χ0) is 24.2. The topological polar surface area (TPSA) is 67.7 Å². The van der Waals surface area contributed by atoms with Crippen LogP contribution in [-0.4, -0.2) is 53.0 Å². The first-order valence-corrected chi connectivity index (χ1v) is 12.2. The van der Waals surface area contributed by atoms with Crippen LogP contribution in [0.5, 0.6) is 5.75 Å². The van der Waals surface area contributed by atoms with Crippen LogP contribution in [0.25, 0.3) is 11.0 Å². The second-order valence-electron chi connectivity index (χ2n) is 8.65. The quantitative estimate of drug-likeness (QED) is 0.436. The Bertz CT molecular complexity index is 1190. The number of ether oxygens (including phenoxy) is 1. The minimum atomic E-state index is -0.151. The van der Waals surface area contributed by atoms with Gasteiger partial charge in [0.2, 0.25) is 11.8 Å². The summed E-state index contributed by atoms with van der Waals surface area (Å²) < 4.78 is 7.47. The highest BCUT2D eigenvalue weighted by Gasteiger charge is 2.36. The van der Waals surface area contributed by atoms with Gasteiger partial charge < -0.3 is 19.1 Å². The molecular weight excluding hydrogens is 452 g/mol. The lowest BCUT2D eigenvalue weighted by Gasteiger charge is -2.23. The highest BCUT2D eigenvalue weighted by molar-refractivity contribution is 6.31. The molecule has 7 nitrogen and oxygen atoms in total. The molecule has 1 aliphatic rings. The molecule has 180 valence electrons. The van der Waals surface area contributed by atoms with Crippen LogP contribution in [0.4, 0.5) is 5.69 Å². The van der Waals surface area contributed by atoms with Gasteiger partial charge in [-0.3, -0.25) is 9.59 Å². The smallest absolute Gasteiger partial charge is 0.242 e. The number of hydrogen-bond donors (Lipinski definition) is 0. The van der Waals surface area contributed by atoms with Crippen molar-refractivity contribution in [1.82, 2.24) is 14.5 Å². The van der Waals surface area contributed by atoms with Crippen molar-refractivity contribution in [3.05, 3.63) is 53.3 Å². The zero-order valence-corrected chi connectivity index (χ0v) is 20.7. The Hall–Kier alpha value is -3.06. The molecule has 0 saturated carbocycles. The number of carbonyl (C=O) groups is 2. The van der Waals surface area contributed by atoms with E-state index in [4.69, 9.17) is 21.3 Å². The van der Waals surface area contributed by atoms with Crippen molar-refractivity contribution in [2.24, 2.45) is 0 Å². The molecule has 3 aromatic rings. The predicted molar refractivity (Wildman–Crippen MR) is 135 cm³/mol. The van der Waals surface area contributed by atoms with Gasteiger partial charge >= 0.3 is 0 Å². The molecule has 0 N–H and O–H groups in total. The van der Waals surface area contributed by atoms with Crippen molar-refractivity contribution in [2.45, 2.75) is 45.6 Å². The summed E-state index contributed by atoms with van der Waals surface area (Å²) in [5.74, 6) is 1.26. The molecule has 1 aliphatic heterocycles. The van der Waals surface area contributed by atoms with Crippen molar-refractivity contribution in [2.75, 3.05) is 31.6 Å². The lowest BCUT2D eigenvalue weighted by atomic mass is 10.1. The van der Waals surface area contributed by atoms with E-state index in [-0.39, 0.29) is 24.3 Å². The second-order valence-corrected chi connectivity index (χ2v) is 9.08. The third-order valence-corrected chi connectivity index (χ3v) is 6.47. The van der Waals surface area contributed by atoms with Crippen molar-refractivity contribution in [3.63, 3.8) is 0 Å². The summed E-state index contributed by atoms with van der Waals surface area (Å²) in [6, 6.07) is 13.1. The fourth-order valence-electron chi connectivity index (χ4n) is 4.70. The monoisotopic (exact) mass is 482 g/mol. The summed E-state index contributed by atoms with van der Waals surface area (Å²) in [4.78, 5) is 34.8. The number of carbonyl (C=O) groups excluding carboxylic acids is 2. The molecular formula is C26H31ClN4O3. The Morgan fingerprint density at radius 1 is 1.18 bits per heavy atom. The average molecular weight is 483 g/mol. The molecule has 1 saturated heterocycles. The molecule has 0 unspecified atom stereocenters. The molecule has 1 atom stereocenters. The lowest BCUT2D eigenvalue weighted by molar-refractivity contribution is -0.131. The highest BCUT2D eigenvalue weighted by atomic mass is 35.5. The molecule has 34 heavy (non-hydrogen) atoms. The van der Waals surface area contributed by atoms with Crippen LogP contribution >= 0.6 is 11.6 Å². The molecule has 0 spiro atoms. The van der Waals surface area contributed by atoms with Crippen LogP contribution in [0.2, 0.25) is 5.02 Å². The number of nitrogens with zero attached hydrogens (tertiary/aromatic N) is 4. The number of imidazole rings is 1. The number of aromatic nitrogens is 2. The summed E-state index contributed by atoms with van der Waals surface area (Å²) in [5, 5.41) is 0.539. The maximum Gasteiger partial charge on any atom is 0.242 e. The van der Waals surface area contributed by atoms with Crippen LogP contribution in [0.3, 0.4) is 0 Å². The van der Waals surface area contributed by atoms with Gasteiger partial charge in [0, 0.05) is 37.0 Å². The van der Waals surface area contributed by atoms with Gasteiger partial charge in [-0.2, -0.15) is 0 Å². The number of amides is 2. The number of halogens is 1. The van der Waals surface area contributed by atoms with Crippen LogP contribution in [-0.2, 0) is 16.1 Å². The molecule has 0 bridgehead atoms. The number of anilines is 1. The van der Waals surface area contributed by atoms with Gasteiger partial charge in [0.05, 0.1) is 23.8 Å². The zero-order valence-electron chi connectivity index (χ0n) is 20.0. The molecule has 2 amide bonds. The van der Waals surface area contributed by atoms with E-state index in [1.165, 1.54) is 0 Å². The third kappa shape index (κ3) is 4.75. The van der Waals surface area contributed by atoms with Crippen LogP contribution in [0.15, 0.2) is 42.5 Å². The van der Waals surface area contributed by atoms with E-state index in [2.05, 4.69) is 13.8 Å². The number of hydrogen-bond acceptors (Lipinski definition) is 4. The third-order valence-electron chi connectivity index (χ3n) is 6.24. The van der Waals surface area contributed by atoms with E-state index in [9.17, 15) is 9.59 Å². The first kappa shape index (κ1) is 24.1. The van der Waals surface area contributed by atoms with E-state index in [0.717, 1.165) is 42.8 Å². The lowest BCUT2D eigenvalue weighted by Crippen LogP contribution is -2.35. The van der Waals surface area contributed by atoms with Gasteiger partial charge in [0.25, 0.3) is 0 Å². The Labute approximate surface area is 205 Å². The van der Waals surface area contributed by atoms with Gasteiger partial charge in [-0.1, -0.05) is 37.6 Å². The first-order chi connectivity index (χ1) is 16.5. The fraction of sp³-hybridized carbons (Fsp3) is 0.423. The largest absolute Gasteiger partial charge is 0.495 e. The number of para-hydroxylation sites is 2. The molecule has 1 fully saturated rings. The summed E-state index contributed by atoms with van der Waals surface area (Å²) in [5.41, 5.74) is 2.39. The van der Waals surface area contributed by atoms with Gasteiger partial charge in [0.15, 0.2) is 0 Å². The van der Waals surface area contributed by atoms with E-state index in [0.29, 0.717) is 29.4 Å². The van der Waals surface area contributed by atoms with E-state index >= 15 is 0 Å².